The van der Waals surface area contributed by atoms with Crippen molar-refractivity contribution in [1.29, 1.82) is 0 Å². The number of nitrogens with one attached hydrogen (secondary N) is 1. The van der Waals surface area contributed by atoms with Gasteiger partial charge in [0.1, 0.15) is 4.21 Å². The molecule has 0 aliphatic carbocycles. The maximum atomic E-state index is 12.5. The molecule has 1 unspecified atom stereocenters. The standard InChI is InChI=1S/C19H23N3O4S2/c20-28(25,26)18-9-8-16(27-18)12-21-19(24)15-7-4-10-22(13-15)17(23)11-14-5-2-1-3-6-14/h1-3,5-6,8-9,15H,4,7,10-13H2,(H,21,24)(H2,20,25,26). The molecule has 3 rings (SSSR count). The molecule has 0 bridgehead atoms. The number of hydrogen-bond donors (Lipinski definition) is 2. The minimum absolute atomic E-state index is 0.0275. The molecule has 2 amide bonds. The molecule has 1 aliphatic heterocycles. The van der Waals surface area contributed by atoms with Crippen LogP contribution >= 0.6 is 11.3 Å². The number of nitrogens with two attached hydrogens (primary N) is 1. The van der Waals surface area contributed by atoms with Gasteiger partial charge in [-0.05, 0) is 30.5 Å². The average molecular weight is 422 g/mol. The van der Waals surface area contributed by atoms with Gasteiger partial charge in [-0.2, -0.15) is 0 Å². The fourth-order valence-electron chi connectivity index (χ4n) is 3.22. The molecule has 7 nitrogen and oxygen atoms in total. The summed E-state index contributed by atoms with van der Waals surface area (Å²) in [6.07, 6.45) is 1.85. The first-order valence-electron chi connectivity index (χ1n) is 9.04. The first-order valence-corrected chi connectivity index (χ1v) is 11.4. The lowest BCUT2D eigenvalue weighted by molar-refractivity contribution is -0.135. The monoisotopic (exact) mass is 421 g/mol. The minimum Gasteiger partial charge on any atom is -0.351 e. The van der Waals surface area contributed by atoms with Gasteiger partial charge in [0.05, 0.1) is 18.9 Å². The second-order valence-electron chi connectivity index (χ2n) is 6.82. The average Bonchev–Trinajstić information content (AvgIpc) is 3.16. The van der Waals surface area contributed by atoms with Crippen molar-refractivity contribution in [3.05, 3.63) is 52.9 Å². The Morgan fingerprint density at radius 3 is 2.61 bits per heavy atom. The second-order valence-corrected chi connectivity index (χ2v) is 9.78. The van der Waals surface area contributed by atoms with E-state index in [9.17, 15) is 18.0 Å². The zero-order valence-electron chi connectivity index (χ0n) is 15.3. The number of hydrogen-bond acceptors (Lipinski definition) is 5. The van der Waals surface area contributed by atoms with Crippen molar-refractivity contribution >= 4 is 33.2 Å². The maximum Gasteiger partial charge on any atom is 0.247 e. The van der Waals surface area contributed by atoms with Crippen LogP contribution < -0.4 is 10.5 Å². The Morgan fingerprint density at radius 2 is 1.93 bits per heavy atom. The molecule has 1 aliphatic rings. The summed E-state index contributed by atoms with van der Waals surface area (Å²) in [5.41, 5.74) is 0.961. The molecular weight excluding hydrogens is 398 g/mol. The first-order chi connectivity index (χ1) is 13.3. The third kappa shape index (κ3) is 5.40. The van der Waals surface area contributed by atoms with Crippen molar-refractivity contribution in [2.75, 3.05) is 13.1 Å². The van der Waals surface area contributed by atoms with E-state index in [1.807, 2.05) is 30.3 Å². The highest BCUT2D eigenvalue weighted by Gasteiger charge is 2.28. The number of thiophene rings is 1. The molecule has 28 heavy (non-hydrogen) atoms. The van der Waals surface area contributed by atoms with Crippen LogP contribution in [0.3, 0.4) is 0 Å². The minimum atomic E-state index is -3.72. The quantitative estimate of drug-likeness (QED) is 0.736. The predicted molar refractivity (Wildman–Crippen MR) is 107 cm³/mol. The second kappa shape index (κ2) is 8.85. The lowest BCUT2D eigenvalue weighted by Gasteiger charge is -2.32. The summed E-state index contributed by atoms with van der Waals surface area (Å²) in [6, 6.07) is 12.6. The van der Waals surface area contributed by atoms with Gasteiger partial charge < -0.3 is 10.2 Å². The maximum absolute atomic E-state index is 12.5. The Kier molecular flexibility index (Phi) is 6.48. The van der Waals surface area contributed by atoms with Gasteiger partial charge in [0.25, 0.3) is 0 Å². The predicted octanol–water partition coefficient (Wildman–Crippen LogP) is 1.49. The van der Waals surface area contributed by atoms with E-state index in [2.05, 4.69) is 5.32 Å². The molecule has 1 aromatic heterocycles. The van der Waals surface area contributed by atoms with Crippen LogP contribution in [0, 0.1) is 5.92 Å². The highest BCUT2D eigenvalue weighted by Crippen LogP contribution is 2.21. The van der Waals surface area contributed by atoms with E-state index >= 15 is 0 Å². The fraction of sp³-hybridized carbons (Fsp3) is 0.368. The molecule has 0 spiro atoms. The zero-order chi connectivity index (χ0) is 20.1. The molecule has 3 N–H and O–H groups in total. The fourth-order valence-corrected chi connectivity index (χ4v) is 4.94. The largest absolute Gasteiger partial charge is 0.351 e. The van der Waals surface area contributed by atoms with E-state index in [4.69, 9.17) is 5.14 Å². The SMILES string of the molecule is NS(=O)(=O)c1ccc(CNC(=O)C2CCCN(C(=O)Cc3ccccc3)C2)s1. The van der Waals surface area contributed by atoms with Gasteiger partial charge in [0, 0.05) is 18.0 Å². The third-order valence-electron chi connectivity index (χ3n) is 4.70. The van der Waals surface area contributed by atoms with E-state index < -0.39 is 10.0 Å². The van der Waals surface area contributed by atoms with E-state index in [0.717, 1.165) is 29.7 Å². The number of likely N-dealkylation sites (tertiary alicyclic amines) is 1. The number of nitrogens with zero attached hydrogens (tertiary/aromatic N) is 1. The van der Waals surface area contributed by atoms with Crippen LogP contribution in [0.25, 0.3) is 0 Å². The van der Waals surface area contributed by atoms with Gasteiger partial charge in [-0.1, -0.05) is 30.3 Å². The Bertz CT molecular complexity index is 941. The van der Waals surface area contributed by atoms with E-state index in [-0.39, 0.29) is 28.5 Å². The van der Waals surface area contributed by atoms with Crippen molar-refractivity contribution in [3.8, 4) is 0 Å². The molecule has 150 valence electrons. The Morgan fingerprint density at radius 1 is 1.18 bits per heavy atom. The number of carbonyl (C=O) groups excluding carboxylic acids is 2. The molecule has 1 aromatic carbocycles. The number of primary sulfonamides is 1. The third-order valence-corrected chi connectivity index (χ3v) is 7.22. The summed E-state index contributed by atoms with van der Waals surface area (Å²) in [6.45, 7) is 1.32. The highest BCUT2D eigenvalue weighted by atomic mass is 32.2. The number of rotatable bonds is 6. The van der Waals surface area contributed by atoms with Crippen LogP contribution in [-0.4, -0.2) is 38.2 Å². The number of sulfonamides is 1. The van der Waals surface area contributed by atoms with Crippen molar-refractivity contribution in [1.82, 2.24) is 10.2 Å². The summed E-state index contributed by atoms with van der Waals surface area (Å²) >= 11 is 1.04. The summed E-state index contributed by atoms with van der Waals surface area (Å²) in [7, 11) is -3.72. The van der Waals surface area contributed by atoms with Gasteiger partial charge in [0.2, 0.25) is 21.8 Å². The number of benzene rings is 1. The molecule has 9 heteroatoms. The topological polar surface area (TPSA) is 110 Å². The summed E-state index contributed by atoms with van der Waals surface area (Å²) in [4.78, 5) is 27.5. The van der Waals surface area contributed by atoms with Gasteiger partial charge in [-0.15, -0.1) is 11.3 Å². The summed E-state index contributed by atoms with van der Waals surface area (Å²) < 4.78 is 22.7. The summed E-state index contributed by atoms with van der Waals surface area (Å²) in [5.74, 6) is -0.353. The zero-order valence-corrected chi connectivity index (χ0v) is 17.0. The normalized spacial score (nSPS) is 17.3. The number of carbonyl (C=O) groups is 2. The molecule has 0 radical (unpaired) electrons. The van der Waals surface area contributed by atoms with Gasteiger partial charge in [-0.3, -0.25) is 9.59 Å². The van der Waals surface area contributed by atoms with Crippen molar-refractivity contribution in [2.24, 2.45) is 11.1 Å². The van der Waals surface area contributed by atoms with Gasteiger partial charge in [0.15, 0.2) is 0 Å². The van der Waals surface area contributed by atoms with E-state index in [1.54, 1.807) is 11.0 Å². The van der Waals surface area contributed by atoms with Crippen LogP contribution in [0.5, 0.6) is 0 Å². The van der Waals surface area contributed by atoms with Gasteiger partial charge in [-0.25, -0.2) is 13.6 Å². The lowest BCUT2D eigenvalue weighted by Crippen LogP contribution is -2.45. The molecule has 0 saturated carbocycles. The van der Waals surface area contributed by atoms with Crippen LogP contribution in [0.15, 0.2) is 46.7 Å². The Labute approximate surface area is 168 Å². The number of piperidine rings is 1. The van der Waals surface area contributed by atoms with Crippen LogP contribution in [0.2, 0.25) is 0 Å². The molecule has 1 atom stereocenters. The van der Waals surface area contributed by atoms with Crippen molar-refractivity contribution in [3.63, 3.8) is 0 Å². The van der Waals surface area contributed by atoms with Crippen LogP contribution in [0.4, 0.5) is 0 Å². The van der Waals surface area contributed by atoms with Crippen molar-refractivity contribution < 1.29 is 18.0 Å². The molecular formula is C19H23N3O4S2. The number of amides is 2. The van der Waals surface area contributed by atoms with Crippen LogP contribution in [-0.2, 0) is 32.6 Å². The molecule has 1 fully saturated rings. The molecule has 1 saturated heterocycles. The van der Waals surface area contributed by atoms with E-state index in [1.165, 1.54) is 6.07 Å². The lowest BCUT2D eigenvalue weighted by atomic mass is 9.96. The Hall–Kier alpha value is -2.23. The summed E-state index contributed by atoms with van der Waals surface area (Å²) in [5, 5.41) is 7.94. The van der Waals surface area contributed by atoms with Crippen molar-refractivity contribution in [2.45, 2.75) is 30.0 Å². The smallest absolute Gasteiger partial charge is 0.247 e. The van der Waals surface area contributed by atoms with E-state index in [0.29, 0.717) is 24.4 Å². The molecule has 2 heterocycles. The van der Waals surface area contributed by atoms with Crippen LogP contribution in [0.1, 0.15) is 23.3 Å². The highest BCUT2D eigenvalue weighted by molar-refractivity contribution is 7.91. The first kappa shape index (κ1) is 20.5. The Balaban J connectivity index is 1.52. The molecule has 2 aromatic rings. The van der Waals surface area contributed by atoms with Gasteiger partial charge >= 0.3 is 0 Å².